The molecule has 0 amide bonds. The first kappa shape index (κ1) is 18.9. The number of rotatable bonds is 2. The molecule has 7 nitrogen and oxygen atoms in total. The zero-order valence-corrected chi connectivity index (χ0v) is 15.7. The molecule has 0 aromatic carbocycles. The van der Waals surface area contributed by atoms with Crippen LogP contribution in [0.15, 0.2) is 12.2 Å². The highest BCUT2D eigenvalue weighted by molar-refractivity contribution is 5.90. The minimum absolute atomic E-state index is 0.0713. The van der Waals surface area contributed by atoms with Crippen molar-refractivity contribution in [1.82, 2.24) is 0 Å². The van der Waals surface area contributed by atoms with Crippen LogP contribution in [0, 0.1) is 23.2 Å². The predicted octanol–water partition coefficient (Wildman–Crippen LogP) is 2.34. The number of esters is 3. The minimum Gasteiger partial charge on any atom is -0.458 e. The van der Waals surface area contributed by atoms with Crippen molar-refractivity contribution in [1.29, 1.82) is 0 Å². The number of fused-ring (bicyclic) bond motifs is 2. The molecule has 3 rings (SSSR count). The van der Waals surface area contributed by atoms with E-state index in [2.05, 4.69) is 13.5 Å². The van der Waals surface area contributed by atoms with E-state index in [-0.39, 0.29) is 29.8 Å². The Kier molecular flexibility index (Phi) is 4.86. The quantitative estimate of drug-likeness (QED) is 0.421. The average Bonchev–Trinajstić information content (AvgIpc) is 2.70. The summed E-state index contributed by atoms with van der Waals surface area (Å²) in [6, 6.07) is 0. The predicted molar refractivity (Wildman–Crippen MR) is 89.3 cm³/mol. The van der Waals surface area contributed by atoms with Crippen molar-refractivity contribution in [3.8, 4) is 0 Å². The molecule has 7 heteroatoms. The molecule has 3 fully saturated rings. The standard InChI is InChI=1S/C19H26O7/c1-9-6-15-13(10(2)17(22)25-15)8-19(5)14(9)7-16(23-11(3)20)26-18(19)24-12(4)21/h9,13-16,18H,2,6-8H2,1,3-5H3/t9-,13-,14+,15-,16-,18-,19+/m1/s1. The zero-order valence-electron chi connectivity index (χ0n) is 15.7. The molecule has 2 saturated heterocycles. The molecule has 0 bridgehead atoms. The third kappa shape index (κ3) is 3.24. The van der Waals surface area contributed by atoms with Gasteiger partial charge in [-0.15, -0.1) is 0 Å². The van der Waals surface area contributed by atoms with Gasteiger partial charge >= 0.3 is 17.9 Å². The van der Waals surface area contributed by atoms with Crippen molar-refractivity contribution in [3.05, 3.63) is 12.2 Å². The zero-order chi connectivity index (χ0) is 19.2. The molecule has 1 aliphatic carbocycles. The van der Waals surface area contributed by atoms with Gasteiger partial charge in [0.15, 0.2) is 0 Å². The van der Waals surface area contributed by atoms with Gasteiger partial charge in [-0.3, -0.25) is 9.59 Å². The monoisotopic (exact) mass is 366 g/mol. The summed E-state index contributed by atoms with van der Waals surface area (Å²) in [5, 5.41) is 0. The molecule has 0 aromatic heterocycles. The van der Waals surface area contributed by atoms with E-state index in [0.717, 1.165) is 0 Å². The largest absolute Gasteiger partial charge is 0.458 e. The maximum Gasteiger partial charge on any atom is 0.334 e. The number of hydrogen-bond acceptors (Lipinski definition) is 7. The molecule has 0 N–H and O–H groups in total. The van der Waals surface area contributed by atoms with Crippen LogP contribution in [0.1, 0.15) is 47.0 Å². The molecular formula is C19H26O7. The third-order valence-corrected chi connectivity index (χ3v) is 6.05. The van der Waals surface area contributed by atoms with Gasteiger partial charge in [-0.2, -0.15) is 0 Å². The van der Waals surface area contributed by atoms with E-state index in [1.807, 2.05) is 6.92 Å². The fourth-order valence-electron chi connectivity index (χ4n) is 4.85. The first-order valence-electron chi connectivity index (χ1n) is 9.01. The summed E-state index contributed by atoms with van der Waals surface area (Å²) in [7, 11) is 0. The Balaban J connectivity index is 1.95. The molecule has 3 aliphatic rings. The smallest absolute Gasteiger partial charge is 0.334 e. The van der Waals surface area contributed by atoms with Crippen molar-refractivity contribution in [2.75, 3.05) is 0 Å². The van der Waals surface area contributed by atoms with Crippen LogP contribution < -0.4 is 0 Å². The number of hydrogen-bond donors (Lipinski definition) is 0. The number of ether oxygens (including phenoxy) is 4. The fraction of sp³-hybridized carbons (Fsp3) is 0.737. The van der Waals surface area contributed by atoms with Gasteiger partial charge in [0, 0.05) is 37.2 Å². The Morgan fingerprint density at radius 2 is 1.85 bits per heavy atom. The van der Waals surface area contributed by atoms with Gasteiger partial charge in [0.1, 0.15) is 6.10 Å². The normalized spacial score (nSPS) is 42.2. The average molecular weight is 366 g/mol. The van der Waals surface area contributed by atoms with Crippen molar-refractivity contribution < 1.29 is 33.3 Å². The van der Waals surface area contributed by atoms with Crippen molar-refractivity contribution >= 4 is 17.9 Å². The van der Waals surface area contributed by atoms with Crippen LogP contribution in [0.3, 0.4) is 0 Å². The van der Waals surface area contributed by atoms with E-state index in [0.29, 0.717) is 24.8 Å². The van der Waals surface area contributed by atoms with Crippen LogP contribution in [0.4, 0.5) is 0 Å². The summed E-state index contributed by atoms with van der Waals surface area (Å²) in [5.74, 6) is -1.17. The maximum atomic E-state index is 12.0. The van der Waals surface area contributed by atoms with E-state index >= 15 is 0 Å². The van der Waals surface area contributed by atoms with Gasteiger partial charge in [-0.1, -0.05) is 20.4 Å². The Morgan fingerprint density at radius 3 is 2.46 bits per heavy atom. The Bertz CT molecular complexity index is 642. The number of carbonyl (C=O) groups is 3. The van der Waals surface area contributed by atoms with Crippen LogP contribution >= 0.6 is 0 Å². The molecule has 144 valence electrons. The number of carbonyl (C=O) groups excluding carboxylic acids is 3. The van der Waals surface area contributed by atoms with Gasteiger partial charge in [0.2, 0.25) is 12.6 Å². The Hall–Kier alpha value is -1.89. The summed E-state index contributed by atoms with van der Waals surface area (Å²) in [6.45, 7) is 10.6. The van der Waals surface area contributed by atoms with Gasteiger partial charge in [-0.25, -0.2) is 4.79 Å². The van der Waals surface area contributed by atoms with E-state index in [9.17, 15) is 14.4 Å². The van der Waals surface area contributed by atoms with Crippen LogP contribution in [-0.2, 0) is 33.3 Å². The molecule has 7 atom stereocenters. The van der Waals surface area contributed by atoms with Crippen molar-refractivity contribution in [2.24, 2.45) is 23.2 Å². The SMILES string of the molecule is C=C1C(=O)O[C@@H]2C[C@@H](C)[C@@H]3C[C@H](OC(C)=O)O[C@@H](OC(C)=O)[C@@]3(C)C[C@H]12. The van der Waals surface area contributed by atoms with Crippen LogP contribution in [0.5, 0.6) is 0 Å². The van der Waals surface area contributed by atoms with E-state index in [1.165, 1.54) is 13.8 Å². The lowest BCUT2D eigenvalue weighted by molar-refractivity contribution is -0.311. The van der Waals surface area contributed by atoms with Crippen LogP contribution in [0.2, 0.25) is 0 Å². The lowest BCUT2D eigenvalue weighted by Crippen LogP contribution is -2.53. The van der Waals surface area contributed by atoms with Crippen LogP contribution in [-0.4, -0.2) is 36.6 Å². The molecular weight excluding hydrogens is 340 g/mol. The molecule has 2 heterocycles. The van der Waals surface area contributed by atoms with Crippen molar-refractivity contribution in [3.63, 3.8) is 0 Å². The molecule has 0 aromatic rings. The third-order valence-electron chi connectivity index (χ3n) is 6.05. The topological polar surface area (TPSA) is 88.1 Å². The highest BCUT2D eigenvalue weighted by atomic mass is 16.8. The molecule has 1 saturated carbocycles. The van der Waals surface area contributed by atoms with E-state index < -0.39 is 29.9 Å². The Morgan fingerprint density at radius 1 is 1.19 bits per heavy atom. The van der Waals surface area contributed by atoms with Crippen LogP contribution in [0.25, 0.3) is 0 Å². The van der Waals surface area contributed by atoms with Gasteiger partial charge < -0.3 is 18.9 Å². The lowest BCUT2D eigenvalue weighted by Gasteiger charge is -2.49. The van der Waals surface area contributed by atoms with Gasteiger partial charge in [-0.05, 0) is 24.7 Å². The highest BCUT2D eigenvalue weighted by Gasteiger charge is 2.58. The summed E-state index contributed by atoms with van der Waals surface area (Å²) in [4.78, 5) is 35.0. The molecule has 2 aliphatic heterocycles. The lowest BCUT2D eigenvalue weighted by atomic mass is 9.65. The fourth-order valence-corrected chi connectivity index (χ4v) is 4.85. The van der Waals surface area contributed by atoms with Gasteiger partial charge in [0.25, 0.3) is 0 Å². The first-order valence-corrected chi connectivity index (χ1v) is 9.01. The molecule has 0 unspecified atom stereocenters. The first-order chi connectivity index (χ1) is 12.1. The molecule has 26 heavy (non-hydrogen) atoms. The Labute approximate surface area is 153 Å². The van der Waals surface area contributed by atoms with Gasteiger partial charge in [0.05, 0.1) is 0 Å². The minimum atomic E-state index is -0.868. The van der Waals surface area contributed by atoms with E-state index in [4.69, 9.17) is 18.9 Å². The molecule has 0 spiro atoms. The molecule has 0 radical (unpaired) electrons. The summed E-state index contributed by atoms with van der Waals surface area (Å²) >= 11 is 0. The summed E-state index contributed by atoms with van der Waals surface area (Å²) in [5.41, 5.74) is -0.0781. The van der Waals surface area contributed by atoms with Crippen molar-refractivity contribution in [2.45, 2.75) is 65.6 Å². The summed E-state index contributed by atoms with van der Waals surface area (Å²) in [6.07, 6.45) is -0.0991. The van der Waals surface area contributed by atoms with E-state index in [1.54, 1.807) is 0 Å². The maximum absolute atomic E-state index is 12.0. The second-order valence-corrected chi connectivity index (χ2v) is 7.96. The highest BCUT2D eigenvalue weighted by Crippen LogP contribution is 2.55. The second-order valence-electron chi connectivity index (χ2n) is 7.96. The second kappa shape index (κ2) is 6.68. The summed E-state index contributed by atoms with van der Waals surface area (Å²) < 4.78 is 22.1.